The molecule has 4 fully saturated rings. The molecule has 0 unspecified atom stereocenters. The largest absolute Gasteiger partial charge is 0.508 e. The van der Waals surface area contributed by atoms with Gasteiger partial charge in [0.15, 0.2) is 0 Å². The fraction of sp³-hybridized carbons (Fsp3) is 0.333. The second kappa shape index (κ2) is 34.0. The van der Waals surface area contributed by atoms with Crippen LogP contribution in [0.25, 0.3) is 0 Å². The molecule has 119 heavy (non-hydrogen) atoms. The zero-order chi connectivity index (χ0) is 84.3. The maximum Gasteiger partial charge on any atom is 0.115 e. The third-order valence-electron chi connectivity index (χ3n) is 29.4. The monoisotopic (exact) mass is 1590 g/mol. The van der Waals surface area contributed by atoms with E-state index in [1.165, 1.54) is 61.2 Å². The molecule has 11 nitrogen and oxygen atoms in total. The van der Waals surface area contributed by atoms with Gasteiger partial charge in [0.25, 0.3) is 0 Å². The van der Waals surface area contributed by atoms with Gasteiger partial charge in [-0.25, -0.2) is 0 Å². The van der Waals surface area contributed by atoms with E-state index in [2.05, 4.69) is 171 Å². The van der Waals surface area contributed by atoms with Gasteiger partial charge in [0.2, 0.25) is 0 Å². The SMILES string of the molecule is CC(C)(C1CCC(c2ccc(O)cc2)(c2ccc(O)cc2)CC1)C1CCC(c2ccc(O)cc2)(c2ccc(O)cc2)CC1.CC(C)(c1ccc(O)cc1)c1cc(C(C)(C)c2ccc(O)cc2)cc(C(C)(C)c2ccc(O)cc2)c1.Oc1ccc(C2(c3ccc(O)cc3)CCC(C3CCC(c4ccc(O)cc4)(c4ccc(O)cc4)CC3)CC2)cc1. The standard InChI is InChI=1S/C39H44O4.C36H38O4.C33H36O3/c1-37(2,27-19-23-38(24-20-27,29-3-11-33(40)12-4-29)30-5-13-34(41)14-6-30)28-21-25-39(26-22-28,31-7-15-35(42)16-8-31)32-9-17-36(43)18-10-32;37-31-9-1-27(2-10-31)35(28-3-11-32(38)12-4-28)21-17-25(18-22-35)26-19-23-36(24-20-26,29-5-13-33(39)14-6-29)30-7-15-34(40)16-8-30;1-31(2,22-7-13-28(34)14-8-22)25-19-26(32(3,4)23-9-15-29(35)16-10-23)21-27(20-25)33(5,6)24-11-17-30(36)18-12-24/h3-18,27-28,40-43H,19-26H2,1-2H3;1-16,25-26,37-40H,17-24H2;7-21,34-36H,1-6H3. The van der Waals surface area contributed by atoms with Crippen LogP contribution in [0.15, 0.2) is 285 Å². The summed E-state index contributed by atoms with van der Waals surface area (Å²) in [6, 6.07) is 90.9. The fourth-order valence-corrected chi connectivity index (χ4v) is 21.3. The Bertz CT molecular complexity index is 4730. The number of benzene rings is 12. The highest BCUT2D eigenvalue weighted by molar-refractivity contribution is 5.54. The van der Waals surface area contributed by atoms with E-state index in [1.807, 2.05) is 36.4 Å². The van der Waals surface area contributed by atoms with Crippen molar-refractivity contribution in [1.29, 1.82) is 0 Å². The first kappa shape index (κ1) is 83.9. The second-order valence-corrected chi connectivity index (χ2v) is 37.1. The Morgan fingerprint density at radius 2 is 0.319 bits per heavy atom. The average molecular weight is 1590 g/mol. The summed E-state index contributed by atoms with van der Waals surface area (Å²) in [5.74, 6) is 5.58. The molecule has 16 rings (SSSR count). The predicted octanol–water partition coefficient (Wildman–Crippen LogP) is 25.1. The first-order valence-corrected chi connectivity index (χ1v) is 42.7. The highest BCUT2D eigenvalue weighted by Gasteiger charge is 2.50. The molecule has 4 aliphatic carbocycles. The van der Waals surface area contributed by atoms with Crippen molar-refractivity contribution in [3.63, 3.8) is 0 Å². The van der Waals surface area contributed by atoms with Gasteiger partial charge >= 0.3 is 0 Å². The number of phenolic OH excluding ortho intramolecular Hbond substituents is 11. The van der Waals surface area contributed by atoms with E-state index in [9.17, 15) is 56.2 Å². The van der Waals surface area contributed by atoms with Crippen LogP contribution in [0.5, 0.6) is 63.2 Å². The van der Waals surface area contributed by atoms with Gasteiger partial charge in [-0.2, -0.15) is 0 Å². The highest BCUT2D eigenvalue weighted by Crippen LogP contribution is 2.59. The summed E-state index contributed by atoms with van der Waals surface area (Å²) in [5.41, 5.74) is 15.5. The first-order chi connectivity index (χ1) is 56.8. The quantitative estimate of drug-likeness (QED) is 0.0412. The van der Waals surface area contributed by atoms with Crippen molar-refractivity contribution in [1.82, 2.24) is 0 Å². The molecule has 11 heteroatoms. The number of rotatable bonds is 17. The summed E-state index contributed by atoms with van der Waals surface area (Å²) < 4.78 is 0. The van der Waals surface area contributed by atoms with Crippen molar-refractivity contribution in [3.8, 4) is 63.2 Å². The number of aromatic hydroxyl groups is 11. The first-order valence-electron chi connectivity index (χ1n) is 42.7. The molecule has 0 heterocycles. The van der Waals surface area contributed by atoms with Crippen molar-refractivity contribution in [3.05, 3.63) is 363 Å². The van der Waals surface area contributed by atoms with E-state index < -0.39 is 0 Å². The molecule has 12 aromatic carbocycles. The van der Waals surface area contributed by atoms with Gasteiger partial charge in [-0.1, -0.05) is 207 Å². The molecule has 0 atom stereocenters. The molecule has 0 spiro atoms. The Balaban J connectivity index is 0.000000147. The minimum absolute atomic E-state index is 0.117. The van der Waals surface area contributed by atoms with Gasteiger partial charge in [0.1, 0.15) is 63.2 Å². The van der Waals surface area contributed by atoms with E-state index in [1.54, 1.807) is 133 Å². The fourth-order valence-electron chi connectivity index (χ4n) is 21.3. The van der Waals surface area contributed by atoms with Gasteiger partial charge in [0.05, 0.1) is 0 Å². The third kappa shape index (κ3) is 17.4. The minimum Gasteiger partial charge on any atom is -0.508 e. The summed E-state index contributed by atoms with van der Waals surface area (Å²) in [6.07, 6.45) is 17.5. The second-order valence-electron chi connectivity index (χ2n) is 37.1. The molecular weight excluding hydrogens is 1470 g/mol. The van der Waals surface area contributed by atoms with Gasteiger partial charge in [0, 0.05) is 37.9 Å². The van der Waals surface area contributed by atoms with E-state index >= 15 is 0 Å². The number of hydrogen-bond donors (Lipinski definition) is 11. The topological polar surface area (TPSA) is 223 Å². The lowest BCUT2D eigenvalue weighted by Crippen LogP contribution is -2.43. The summed E-state index contributed by atoms with van der Waals surface area (Å²) >= 11 is 0. The molecule has 12 aromatic rings. The van der Waals surface area contributed by atoms with Crippen LogP contribution < -0.4 is 0 Å². The lowest BCUT2D eigenvalue weighted by Gasteiger charge is -2.51. The smallest absolute Gasteiger partial charge is 0.115 e. The zero-order valence-corrected chi connectivity index (χ0v) is 70.2. The Labute approximate surface area is 703 Å². The molecule has 0 aliphatic heterocycles. The van der Waals surface area contributed by atoms with Crippen LogP contribution in [-0.2, 0) is 37.9 Å². The summed E-state index contributed by atoms with van der Waals surface area (Å²) in [6.45, 7) is 18.3. The minimum atomic E-state index is -0.311. The molecule has 0 amide bonds. The summed E-state index contributed by atoms with van der Waals surface area (Å²) in [7, 11) is 0. The Kier molecular flexibility index (Phi) is 24.0. The van der Waals surface area contributed by atoms with Gasteiger partial charge in [-0.3, -0.25) is 0 Å². The summed E-state index contributed by atoms with van der Waals surface area (Å²) in [4.78, 5) is 0. The Morgan fingerprint density at radius 1 is 0.185 bits per heavy atom. The highest BCUT2D eigenvalue weighted by atomic mass is 16.3. The molecule has 0 bridgehead atoms. The van der Waals surface area contributed by atoms with Gasteiger partial charge in [-0.05, 0) is 343 Å². The molecule has 0 radical (unpaired) electrons. The molecule has 4 aliphatic rings. The average Bonchev–Trinajstić information content (AvgIpc) is 0.762. The summed E-state index contributed by atoms with van der Waals surface area (Å²) in [5, 5.41) is 109. The van der Waals surface area contributed by atoms with Crippen molar-refractivity contribution in [2.45, 2.75) is 196 Å². The maximum atomic E-state index is 9.99. The van der Waals surface area contributed by atoms with Crippen LogP contribution >= 0.6 is 0 Å². The molecule has 4 saturated carbocycles. The molecule has 0 aromatic heterocycles. The van der Waals surface area contributed by atoms with Crippen LogP contribution in [0, 0.1) is 29.1 Å². The third-order valence-corrected chi connectivity index (χ3v) is 29.4. The molecular formula is C108H118O11. The van der Waals surface area contributed by atoms with Crippen LogP contribution in [0.2, 0.25) is 0 Å². The van der Waals surface area contributed by atoms with Crippen LogP contribution in [0.1, 0.15) is 236 Å². The molecule has 11 N–H and O–H groups in total. The van der Waals surface area contributed by atoms with Crippen molar-refractivity contribution < 1.29 is 56.2 Å². The van der Waals surface area contributed by atoms with Crippen LogP contribution in [0.4, 0.5) is 0 Å². The van der Waals surface area contributed by atoms with Crippen molar-refractivity contribution in [2.75, 3.05) is 0 Å². The maximum absolute atomic E-state index is 9.99. The van der Waals surface area contributed by atoms with Crippen molar-refractivity contribution >= 4 is 0 Å². The lowest BCUT2D eigenvalue weighted by molar-refractivity contribution is 0.0364. The van der Waals surface area contributed by atoms with Crippen LogP contribution in [-0.4, -0.2) is 56.2 Å². The van der Waals surface area contributed by atoms with Gasteiger partial charge < -0.3 is 56.2 Å². The number of hydrogen-bond acceptors (Lipinski definition) is 11. The van der Waals surface area contributed by atoms with E-state index in [4.69, 9.17) is 0 Å². The predicted molar refractivity (Wildman–Crippen MR) is 477 cm³/mol. The Morgan fingerprint density at radius 3 is 0.471 bits per heavy atom. The van der Waals surface area contributed by atoms with E-state index in [0.29, 0.717) is 23.7 Å². The normalized spacial score (nSPS) is 17.2. The van der Waals surface area contributed by atoms with Crippen molar-refractivity contribution in [2.24, 2.45) is 29.1 Å². The lowest BCUT2D eigenvalue weighted by atomic mass is 9.53. The molecule has 616 valence electrons. The number of phenols is 11. The zero-order valence-electron chi connectivity index (χ0n) is 70.2. The Hall–Kier alpha value is -11.6. The molecule has 0 saturated heterocycles. The van der Waals surface area contributed by atoms with E-state index in [0.717, 1.165) is 119 Å². The van der Waals surface area contributed by atoms with Gasteiger partial charge in [-0.15, -0.1) is 0 Å². The van der Waals surface area contributed by atoms with Crippen LogP contribution in [0.3, 0.4) is 0 Å². The van der Waals surface area contributed by atoms with E-state index in [-0.39, 0.29) is 107 Å².